The van der Waals surface area contributed by atoms with Crippen LogP contribution in [0.3, 0.4) is 0 Å². The fourth-order valence-electron chi connectivity index (χ4n) is 1.47. The highest BCUT2D eigenvalue weighted by Crippen LogP contribution is 2.11. The van der Waals surface area contributed by atoms with Gasteiger partial charge in [-0.1, -0.05) is 24.8 Å². The third-order valence-corrected chi connectivity index (χ3v) is 3.08. The van der Waals surface area contributed by atoms with Gasteiger partial charge in [-0.25, -0.2) is 0 Å². The molecule has 0 saturated heterocycles. The number of aryl methyl sites for hydroxylation is 1. The van der Waals surface area contributed by atoms with E-state index >= 15 is 0 Å². The number of aromatic nitrogens is 2. The summed E-state index contributed by atoms with van der Waals surface area (Å²) >= 11 is 1.51. The molecule has 0 bridgehead atoms. The van der Waals surface area contributed by atoms with E-state index < -0.39 is 0 Å². The van der Waals surface area contributed by atoms with Gasteiger partial charge in [0.05, 0.1) is 10.6 Å². The molecule has 1 heterocycles. The molecule has 0 saturated carbocycles. The average Bonchev–Trinajstić information content (AvgIpc) is 2.72. The van der Waals surface area contributed by atoms with Gasteiger partial charge in [-0.05, 0) is 30.9 Å². The first kappa shape index (κ1) is 13.5. The maximum Gasteiger partial charge on any atom is 0.0800 e. The summed E-state index contributed by atoms with van der Waals surface area (Å²) in [6, 6.07) is 0. The van der Waals surface area contributed by atoms with E-state index in [4.69, 9.17) is 0 Å². The molecule has 4 nitrogen and oxygen atoms in total. The Balaban J connectivity index is 2.13. The van der Waals surface area contributed by atoms with Gasteiger partial charge < -0.3 is 10.6 Å². The van der Waals surface area contributed by atoms with Crippen LogP contribution in [0.15, 0.2) is 0 Å². The Bertz CT molecular complexity index is 275. The molecule has 0 aliphatic carbocycles. The van der Waals surface area contributed by atoms with Gasteiger partial charge in [-0.15, -0.1) is 5.10 Å². The predicted octanol–water partition coefficient (Wildman–Crippen LogP) is 1.58. The van der Waals surface area contributed by atoms with Crippen LogP contribution in [0.2, 0.25) is 0 Å². The molecule has 0 atom stereocenters. The minimum absolute atomic E-state index is 0.904. The van der Waals surface area contributed by atoms with Crippen molar-refractivity contribution in [2.45, 2.75) is 39.7 Å². The van der Waals surface area contributed by atoms with Crippen LogP contribution in [0.25, 0.3) is 0 Å². The Labute approximate surface area is 102 Å². The second-order valence-corrected chi connectivity index (χ2v) is 4.66. The van der Waals surface area contributed by atoms with E-state index in [9.17, 15) is 0 Å². The molecule has 0 spiro atoms. The standard InChI is InChI=1S/C11H22N4S/c1-3-5-10-11(16-15-14-10)9-13-8-7-12-6-4-2/h12-13H,3-9H2,1-2H3. The molecule has 0 aromatic carbocycles. The van der Waals surface area contributed by atoms with Crippen molar-refractivity contribution in [2.24, 2.45) is 0 Å². The van der Waals surface area contributed by atoms with Gasteiger partial charge in [0, 0.05) is 19.6 Å². The van der Waals surface area contributed by atoms with Gasteiger partial charge in [0.2, 0.25) is 0 Å². The summed E-state index contributed by atoms with van der Waals surface area (Å²) in [5.74, 6) is 0. The molecule has 0 unspecified atom stereocenters. The van der Waals surface area contributed by atoms with E-state index in [0.29, 0.717) is 0 Å². The SMILES string of the molecule is CCCNCCNCc1snnc1CCC. The second-order valence-electron chi connectivity index (χ2n) is 3.82. The van der Waals surface area contributed by atoms with E-state index in [1.165, 1.54) is 28.5 Å². The Kier molecular flexibility index (Phi) is 7.29. The molecule has 5 heteroatoms. The van der Waals surface area contributed by atoms with Crippen LogP contribution in [-0.2, 0) is 13.0 Å². The lowest BCUT2D eigenvalue weighted by Gasteiger charge is -2.04. The maximum absolute atomic E-state index is 4.15. The largest absolute Gasteiger partial charge is 0.315 e. The van der Waals surface area contributed by atoms with Crippen LogP contribution in [-0.4, -0.2) is 29.2 Å². The lowest BCUT2D eigenvalue weighted by atomic mass is 10.2. The molecular weight excluding hydrogens is 220 g/mol. The van der Waals surface area contributed by atoms with Crippen molar-refractivity contribution >= 4 is 11.5 Å². The fraction of sp³-hybridized carbons (Fsp3) is 0.818. The second kappa shape index (κ2) is 8.61. The predicted molar refractivity (Wildman–Crippen MR) is 68.8 cm³/mol. The molecule has 1 aromatic rings. The molecule has 0 radical (unpaired) electrons. The summed E-state index contributed by atoms with van der Waals surface area (Å²) in [6.07, 6.45) is 3.37. The van der Waals surface area contributed by atoms with Gasteiger partial charge in [0.15, 0.2) is 0 Å². The third kappa shape index (κ3) is 5.01. The fourth-order valence-corrected chi connectivity index (χ4v) is 2.12. The Morgan fingerprint density at radius 2 is 1.88 bits per heavy atom. The first-order valence-electron chi connectivity index (χ1n) is 6.10. The molecule has 16 heavy (non-hydrogen) atoms. The molecule has 0 aliphatic rings. The minimum atomic E-state index is 0.904. The van der Waals surface area contributed by atoms with Gasteiger partial charge in [-0.2, -0.15) is 0 Å². The van der Waals surface area contributed by atoms with Crippen LogP contribution in [0.1, 0.15) is 37.3 Å². The number of nitrogens with zero attached hydrogens (tertiary/aromatic N) is 2. The first-order valence-corrected chi connectivity index (χ1v) is 6.87. The highest BCUT2D eigenvalue weighted by atomic mass is 32.1. The van der Waals surface area contributed by atoms with Crippen molar-refractivity contribution in [1.29, 1.82) is 0 Å². The van der Waals surface area contributed by atoms with Crippen molar-refractivity contribution in [3.05, 3.63) is 10.6 Å². The summed E-state index contributed by atoms with van der Waals surface area (Å²) < 4.78 is 4.01. The zero-order chi connectivity index (χ0) is 11.6. The highest BCUT2D eigenvalue weighted by molar-refractivity contribution is 7.05. The molecule has 1 aromatic heterocycles. The topological polar surface area (TPSA) is 49.8 Å². The van der Waals surface area contributed by atoms with Crippen molar-refractivity contribution in [2.75, 3.05) is 19.6 Å². The van der Waals surface area contributed by atoms with Crippen LogP contribution in [0.5, 0.6) is 0 Å². The van der Waals surface area contributed by atoms with E-state index in [1.54, 1.807) is 0 Å². The summed E-state index contributed by atoms with van der Waals surface area (Å²) in [7, 11) is 0. The quantitative estimate of drug-likeness (QED) is 0.646. The third-order valence-electron chi connectivity index (χ3n) is 2.31. The number of nitrogens with one attached hydrogen (secondary N) is 2. The maximum atomic E-state index is 4.15. The van der Waals surface area contributed by atoms with Crippen LogP contribution >= 0.6 is 11.5 Å². The average molecular weight is 242 g/mol. The minimum Gasteiger partial charge on any atom is -0.315 e. The van der Waals surface area contributed by atoms with Crippen LogP contribution in [0.4, 0.5) is 0 Å². The zero-order valence-corrected chi connectivity index (χ0v) is 11.1. The number of hydrogen-bond acceptors (Lipinski definition) is 5. The number of hydrogen-bond donors (Lipinski definition) is 2. The van der Waals surface area contributed by atoms with Gasteiger partial charge >= 0.3 is 0 Å². The van der Waals surface area contributed by atoms with Crippen molar-refractivity contribution in [3.8, 4) is 0 Å². The first-order chi connectivity index (χ1) is 7.88. The summed E-state index contributed by atoms with van der Waals surface area (Å²) in [5, 5.41) is 10.9. The van der Waals surface area contributed by atoms with E-state index in [0.717, 1.165) is 39.0 Å². The van der Waals surface area contributed by atoms with E-state index in [-0.39, 0.29) is 0 Å². The van der Waals surface area contributed by atoms with Crippen LogP contribution in [0, 0.1) is 0 Å². The van der Waals surface area contributed by atoms with Gasteiger partial charge in [-0.3, -0.25) is 0 Å². The smallest absolute Gasteiger partial charge is 0.0800 e. The van der Waals surface area contributed by atoms with E-state index in [2.05, 4.69) is 34.1 Å². The molecular formula is C11H22N4S. The van der Waals surface area contributed by atoms with Crippen molar-refractivity contribution in [3.63, 3.8) is 0 Å². The zero-order valence-electron chi connectivity index (χ0n) is 10.3. The van der Waals surface area contributed by atoms with Gasteiger partial charge in [0.25, 0.3) is 0 Å². The molecule has 0 aliphatic heterocycles. The molecule has 2 N–H and O–H groups in total. The number of rotatable bonds is 9. The van der Waals surface area contributed by atoms with Crippen molar-refractivity contribution < 1.29 is 0 Å². The molecule has 92 valence electrons. The monoisotopic (exact) mass is 242 g/mol. The Morgan fingerprint density at radius 3 is 2.62 bits per heavy atom. The van der Waals surface area contributed by atoms with Gasteiger partial charge in [0.1, 0.15) is 0 Å². The molecule has 0 fully saturated rings. The molecule has 0 amide bonds. The normalized spacial score (nSPS) is 10.9. The van der Waals surface area contributed by atoms with Crippen LogP contribution < -0.4 is 10.6 Å². The summed E-state index contributed by atoms with van der Waals surface area (Å²) in [6.45, 7) is 8.39. The Morgan fingerprint density at radius 1 is 1.06 bits per heavy atom. The Hall–Kier alpha value is -0.520. The van der Waals surface area contributed by atoms with Crippen molar-refractivity contribution in [1.82, 2.24) is 20.2 Å². The lowest BCUT2D eigenvalue weighted by molar-refractivity contribution is 0.607. The summed E-state index contributed by atoms with van der Waals surface area (Å²) in [4.78, 5) is 1.29. The lowest BCUT2D eigenvalue weighted by Crippen LogP contribution is -2.27. The molecule has 1 rings (SSSR count). The van der Waals surface area contributed by atoms with E-state index in [1.807, 2.05) is 0 Å². The highest BCUT2D eigenvalue weighted by Gasteiger charge is 2.05. The summed E-state index contributed by atoms with van der Waals surface area (Å²) in [5.41, 5.74) is 1.17.